The molecule has 0 heterocycles. The number of carbonyl (C=O) groups excluding carboxylic acids is 1. The zero-order valence-corrected chi connectivity index (χ0v) is 14.8. The van der Waals surface area contributed by atoms with Crippen molar-refractivity contribution in [3.05, 3.63) is 59.9 Å². The van der Waals surface area contributed by atoms with Crippen LogP contribution in [0.25, 0.3) is 0 Å². The Morgan fingerprint density at radius 3 is 2.36 bits per heavy atom. The van der Waals surface area contributed by atoms with Crippen molar-refractivity contribution < 1.29 is 13.9 Å². The molecule has 2 aromatic rings. The molecule has 0 aliphatic rings. The van der Waals surface area contributed by atoms with Crippen LogP contribution in [0.15, 0.2) is 48.5 Å². The quantitative estimate of drug-likeness (QED) is 0.552. The van der Waals surface area contributed by atoms with Gasteiger partial charge in [-0.25, -0.2) is 4.39 Å². The third-order valence-corrected chi connectivity index (χ3v) is 4.01. The summed E-state index contributed by atoms with van der Waals surface area (Å²) in [5, 5.41) is 2.57. The van der Waals surface area contributed by atoms with Gasteiger partial charge in [0.2, 0.25) is 0 Å². The molecule has 0 atom stereocenters. The first-order valence-electron chi connectivity index (χ1n) is 8.99. The molecule has 1 N–H and O–H groups in total. The van der Waals surface area contributed by atoms with E-state index >= 15 is 0 Å². The lowest BCUT2D eigenvalue weighted by Crippen LogP contribution is -2.12. The first kappa shape index (κ1) is 19.0. The van der Waals surface area contributed by atoms with E-state index in [1.165, 1.54) is 44.2 Å². The van der Waals surface area contributed by atoms with E-state index in [4.69, 9.17) is 4.74 Å². The van der Waals surface area contributed by atoms with Crippen LogP contribution in [0.3, 0.4) is 0 Å². The van der Waals surface area contributed by atoms with E-state index in [2.05, 4.69) is 12.2 Å². The fourth-order valence-electron chi connectivity index (χ4n) is 2.53. The lowest BCUT2D eigenvalue weighted by Gasteiger charge is -2.08. The topological polar surface area (TPSA) is 38.3 Å². The molecular weight excluding hydrogens is 317 g/mol. The zero-order valence-electron chi connectivity index (χ0n) is 14.8. The Morgan fingerprint density at radius 2 is 1.64 bits per heavy atom. The molecule has 0 aliphatic heterocycles. The van der Waals surface area contributed by atoms with Gasteiger partial charge in [-0.3, -0.25) is 4.79 Å². The molecule has 0 fully saturated rings. The highest BCUT2D eigenvalue weighted by Crippen LogP contribution is 2.17. The number of rotatable bonds is 10. The monoisotopic (exact) mass is 343 g/mol. The maximum Gasteiger partial charge on any atom is 0.255 e. The Bertz CT molecular complexity index is 655. The van der Waals surface area contributed by atoms with Crippen LogP contribution in [-0.2, 0) is 0 Å². The summed E-state index contributed by atoms with van der Waals surface area (Å²) >= 11 is 0. The molecule has 0 saturated carbocycles. The molecule has 3 nitrogen and oxygen atoms in total. The molecule has 0 unspecified atom stereocenters. The lowest BCUT2D eigenvalue weighted by atomic mass is 10.1. The van der Waals surface area contributed by atoms with Gasteiger partial charge in [-0.15, -0.1) is 0 Å². The molecule has 2 rings (SSSR count). The van der Waals surface area contributed by atoms with Crippen LogP contribution in [0.5, 0.6) is 5.75 Å². The molecule has 0 spiro atoms. The Morgan fingerprint density at radius 1 is 0.960 bits per heavy atom. The number of anilines is 1. The number of ether oxygens (including phenoxy) is 1. The number of halogens is 1. The number of para-hydroxylation sites is 1. The van der Waals surface area contributed by atoms with Crippen LogP contribution in [0, 0.1) is 5.82 Å². The summed E-state index contributed by atoms with van der Waals surface area (Å²) in [6.07, 6.45) is 7.33. The van der Waals surface area contributed by atoms with Crippen LogP contribution in [0.1, 0.15) is 55.8 Å². The van der Waals surface area contributed by atoms with Gasteiger partial charge in [0.05, 0.1) is 12.3 Å². The second-order valence-corrected chi connectivity index (χ2v) is 6.07. The number of nitrogens with one attached hydrogen (secondary N) is 1. The molecule has 1 amide bonds. The van der Waals surface area contributed by atoms with Crippen LogP contribution >= 0.6 is 0 Å². The van der Waals surface area contributed by atoms with Gasteiger partial charge in [0, 0.05) is 5.56 Å². The second kappa shape index (κ2) is 10.5. The fourth-order valence-corrected chi connectivity index (χ4v) is 2.53. The number of carbonyl (C=O) groups is 1. The molecule has 0 aromatic heterocycles. The largest absolute Gasteiger partial charge is 0.494 e. The number of benzene rings is 2. The summed E-state index contributed by atoms with van der Waals surface area (Å²) < 4.78 is 19.3. The fraction of sp³-hybridized carbons (Fsp3) is 0.381. The van der Waals surface area contributed by atoms with Gasteiger partial charge < -0.3 is 10.1 Å². The summed E-state index contributed by atoms with van der Waals surface area (Å²) in [7, 11) is 0. The van der Waals surface area contributed by atoms with Crippen LogP contribution in [0.2, 0.25) is 0 Å². The zero-order chi connectivity index (χ0) is 17.9. The molecule has 134 valence electrons. The predicted octanol–water partition coefficient (Wildman–Crippen LogP) is 5.82. The average Bonchev–Trinajstić information content (AvgIpc) is 2.63. The van der Waals surface area contributed by atoms with Gasteiger partial charge in [0.1, 0.15) is 11.6 Å². The molecule has 0 saturated heterocycles. The first-order valence-corrected chi connectivity index (χ1v) is 8.99. The Hall–Kier alpha value is -2.36. The minimum Gasteiger partial charge on any atom is -0.494 e. The highest BCUT2D eigenvalue weighted by Gasteiger charge is 2.09. The van der Waals surface area contributed by atoms with Crippen molar-refractivity contribution in [1.29, 1.82) is 0 Å². The predicted molar refractivity (Wildman–Crippen MR) is 99.7 cm³/mol. The molecule has 0 radical (unpaired) electrons. The molecule has 0 bridgehead atoms. The van der Waals surface area contributed by atoms with Crippen molar-refractivity contribution in [2.24, 2.45) is 0 Å². The SMILES string of the molecule is CCCCCCCCOc1ccc(C(=O)Nc2ccccc2F)cc1. The van der Waals surface area contributed by atoms with Crippen molar-refractivity contribution in [2.75, 3.05) is 11.9 Å². The summed E-state index contributed by atoms with van der Waals surface area (Å²) in [5.74, 6) is -0.0432. The third kappa shape index (κ3) is 6.57. The highest BCUT2D eigenvalue weighted by atomic mass is 19.1. The van der Waals surface area contributed by atoms with E-state index in [1.54, 1.807) is 36.4 Å². The Labute approximate surface area is 149 Å². The minimum atomic E-state index is -0.449. The van der Waals surface area contributed by atoms with Crippen LogP contribution in [-0.4, -0.2) is 12.5 Å². The molecule has 4 heteroatoms. The van der Waals surface area contributed by atoms with Gasteiger partial charge in [-0.05, 0) is 42.8 Å². The van der Waals surface area contributed by atoms with Gasteiger partial charge in [-0.1, -0.05) is 51.2 Å². The minimum absolute atomic E-state index is 0.177. The molecule has 2 aromatic carbocycles. The van der Waals surface area contributed by atoms with Gasteiger partial charge in [-0.2, -0.15) is 0 Å². The van der Waals surface area contributed by atoms with Crippen LogP contribution < -0.4 is 10.1 Å². The van der Waals surface area contributed by atoms with Crippen molar-refractivity contribution in [3.8, 4) is 5.75 Å². The van der Waals surface area contributed by atoms with E-state index in [0.717, 1.165) is 12.2 Å². The van der Waals surface area contributed by atoms with Crippen molar-refractivity contribution >= 4 is 11.6 Å². The lowest BCUT2D eigenvalue weighted by molar-refractivity contribution is 0.102. The van der Waals surface area contributed by atoms with Gasteiger partial charge in [0.25, 0.3) is 5.91 Å². The maximum absolute atomic E-state index is 13.6. The van der Waals surface area contributed by atoms with E-state index in [1.807, 2.05) is 0 Å². The first-order chi connectivity index (χ1) is 12.2. The maximum atomic E-state index is 13.6. The average molecular weight is 343 g/mol. The van der Waals surface area contributed by atoms with E-state index in [-0.39, 0.29) is 11.6 Å². The van der Waals surface area contributed by atoms with Gasteiger partial charge >= 0.3 is 0 Å². The summed E-state index contributed by atoms with van der Waals surface area (Å²) in [4.78, 5) is 12.1. The Kier molecular flexibility index (Phi) is 7.96. The molecule has 0 aliphatic carbocycles. The highest BCUT2D eigenvalue weighted by molar-refractivity contribution is 6.04. The summed E-state index contributed by atoms with van der Waals surface area (Å²) in [6, 6.07) is 13.0. The number of amides is 1. The summed E-state index contributed by atoms with van der Waals surface area (Å²) in [5.41, 5.74) is 0.645. The molecular formula is C21H26FNO2. The van der Waals surface area contributed by atoms with Crippen molar-refractivity contribution in [3.63, 3.8) is 0 Å². The van der Waals surface area contributed by atoms with E-state index in [9.17, 15) is 9.18 Å². The number of hydrogen-bond acceptors (Lipinski definition) is 2. The Balaban J connectivity index is 1.75. The van der Waals surface area contributed by atoms with Gasteiger partial charge in [0.15, 0.2) is 0 Å². The normalized spacial score (nSPS) is 10.5. The van der Waals surface area contributed by atoms with E-state index < -0.39 is 5.82 Å². The van der Waals surface area contributed by atoms with E-state index in [0.29, 0.717) is 12.2 Å². The number of hydrogen-bond donors (Lipinski definition) is 1. The number of unbranched alkanes of at least 4 members (excludes halogenated alkanes) is 5. The molecule has 25 heavy (non-hydrogen) atoms. The van der Waals surface area contributed by atoms with Crippen LogP contribution in [0.4, 0.5) is 10.1 Å². The third-order valence-electron chi connectivity index (χ3n) is 4.01. The summed E-state index contributed by atoms with van der Waals surface area (Å²) in [6.45, 7) is 2.90. The van der Waals surface area contributed by atoms with Crippen molar-refractivity contribution in [2.45, 2.75) is 45.4 Å². The second-order valence-electron chi connectivity index (χ2n) is 6.07. The smallest absolute Gasteiger partial charge is 0.255 e. The van der Waals surface area contributed by atoms with Crippen molar-refractivity contribution in [1.82, 2.24) is 0 Å². The standard InChI is InChI=1S/C21H26FNO2/c1-2-3-4-5-6-9-16-25-18-14-12-17(13-15-18)21(24)23-20-11-8-7-10-19(20)22/h7-8,10-15H,2-6,9,16H2,1H3,(H,23,24).